The van der Waals surface area contributed by atoms with Gasteiger partial charge in [0.2, 0.25) is 0 Å². The van der Waals surface area contributed by atoms with E-state index in [-0.39, 0.29) is 5.70 Å². The van der Waals surface area contributed by atoms with Gasteiger partial charge < -0.3 is 14.8 Å². The Morgan fingerprint density at radius 1 is 0.875 bits per heavy atom. The maximum absolute atomic E-state index is 13.5. The molecule has 0 spiro atoms. The van der Waals surface area contributed by atoms with Crippen molar-refractivity contribution in [3.63, 3.8) is 0 Å². The number of imide groups is 1. The highest BCUT2D eigenvalue weighted by molar-refractivity contribution is 6.46. The maximum atomic E-state index is 13.5. The Balaban J connectivity index is 1.60. The van der Waals surface area contributed by atoms with Gasteiger partial charge in [-0.1, -0.05) is 48.0 Å². The molecule has 2 heterocycles. The summed E-state index contributed by atoms with van der Waals surface area (Å²) >= 11 is 6.27. The molecule has 0 aliphatic carbocycles. The number of hydrogen-bond acceptors (Lipinski definition) is 5. The highest BCUT2D eigenvalue weighted by atomic mass is 35.5. The van der Waals surface area contributed by atoms with E-state index in [0.29, 0.717) is 52.2 Å². The Bertz CT molecular complexity index is 1270. The normalized spacial score (nSPS) is 15.4. The third kappa shape index (κ3) is 3.39. The van der Waals surface area contributed by atoms with E-state index in [4.69, 9.17) is 21.1 Å². The van der Waals surface area contributed by atoms with Crippen molar-refractivity contribution in [1.82, 2.24) is 0 Å². The molecule has 0 bridgehead atoms. The minimum Gasteiger partial charge on any atom is -0.486 e. The summed E-state index contributed by atoms with van der Waals surface area (Å²) in [5.74, 6) is 0.218. The summed E-state index contributed by atoms with van der Waals surface area (Å²) in [6.45, 7) is 2.72. The third-order valence-electron chi connectivity index (χ3n) is 5.46. The highest BCUT2D eigenvalue weighted by Gasteiger charge is 2.40. The summed E-state index contributed by atoms with van der Waals surface area (Å²) in [6.07, 6.45) is 0. The van der Waals surface area contributed by atoms with Crippen LogP contribution in [-0.4, -0.2) is 25.0 Å². The molecule has 2 aliphatic heterocycles. The second-order valence-corrected chi connectivity index (χ2v) is 7.83. The summed E-state index contributed by atoms with van der Waals surface area (Å²) in [5.41, 5.74) is 3.00. The summed E-state index contributed by atoms with van der Waals surface area (Å²) < 4.78 is 11.2. The van der Waals surface area contributed by atoms with E-state index >= 15 is 0 Å². The van der Waals surface area contributed by atoms with Crippen molar-refractivity contribution in [2.24, 2.45) is 0 Å². The number of halogens is 1. The molecule has 2 aliphatic rings. The first kappa shape index (κ1) is 20.2. The number of anilines is 2. The number of ether oxygens (including phenoxy) is 2. The SMILES string of the molecule is Cc1c(Cl)cccc1NC1=C(c2ccccc2)C(=O)N(c2ccc3c(c2)OCCO3)C1=O. The fourth-order valence-electron chi connectivity index (χ4n) is 3.80. The van der Waals surface area contributed by atoms with Crippen LogP contribution in [0.5, 0.6) is 11.5 Å². The quantitative estimate of drug-likeness (QED) is 0.582. The molecule has 7 heteroatoms. The fourth-order valence-corrected chi connectivity index (χ4v) is 3.98. The molecule has 1 N–H and O–H groups in total. The molecule has 0 saturated heterocycles. The number of carbonyl (C=O) groups excluding carboxylic acids is 2. The number of amides is 2. The molecule has 5 rings (SSSR count). The molecule has 0 fully saturated rings. The molecule has 0 unspecified atom stereocenters. The lowest BCUT2D eigenvalue weighted by molar-refractivity contribution is -0.120. The van der Waals surface area contributed by atoms with E-state index in [1.165, 1.54) is 0 Å². The Morgan fingerprint density at radius 3 is 2.41 bits per heavy atom. The minimum atomic E-state index is -0.454. The third-order valence-corrected chi connectivity index (χ3v) is 5.87. The van der Waals surface area contributed by atoms with Crippen molar-refractivity contribution in [1.29, 1.82) is 0 Å². The van der Waals surface area contributed by atoms with E-state index in [9.17, 15) is 9.59 Å². The van der Waals surface area contributed by atoms with Crippen molar-refractivity contribution in [2.75, 3.05) is 23.4 Å². The Hall–Kier alpha value is -3.77. The van der Waals surface area contributed by atoms with Crippen molar-refractivity contribution in [3.05, 3.63) is 88.6 Å². The maximum Gasteiger partial charge on any atom is 0.282 e. The first-order valence-corrected chi connectivity index (χ1v) is 10.5. The van der Waals surface area contributed by atoms with Crippen LogP contribution in [-0.2, 0) is 9.59 Å². The number of rotatable bonds is 4. The standard InChI is InChI=1S/C25H19ClN2O4/c1-15-18(26)8-5-9-19(15)27-23-22(16-6-3-2-4-7-16)24(29)28(25(23)30)17-10-11-20-21(14-17)32-13-12-31-20/h2-11,14,27H,12-13H2,1H3. The zero-order valence-electron chi connectivity index (χ0n) is 17.2. The van der Waals surface area contributed by atoms with Crippen LogP contribution < -0.4 is 19.7 Å². The fraction of sp³-hybridized carbons (Fsp3) is 0.120. The lowest BCUT2D eigenvalue weighted by Crippen LogP contribution is -2.32. The van der Waals surface area contributed by atoms with Gasteiger partial charge in [0.05, 0.1) is 11.3 Å². The number of fused-ring (bicyclic) bond motifs is 1. The van der Waals surface area contributed by atoms with Crippen molar-refractivity contribution in [3.8, 4) is 11.5 Å². The molecule has 32 heavy (non-hydrogen) atoms. The molecule has 0 atom stereocenters. The summed E-state index contributed by atoms with van der Waals surface area (Å²) in [4.78, 5) is 28.3. The smallest absolute Gasteiger partial charge is 0.282 e. The molecular formula is C25H19ClN2O4. The van der Waals surface area contributed by atoms with Crippen LogP contribution in [0.3, 0.4) is 0 Å². The van der Waals surface area contributed by atoms with Gasteiger partial charge in [0.25, 0.3) is 11.8 Å². The van der Waals surface area contributed by atoms with Crippen molar-refractivity contribution < 1.29 is 19.1 Å². The van der Waals surface area contributed by atoms with Gasteiger partial charge in [-0.2, -0.15) is 0 Å². The van der Waals surface area contributed by atoms with Crippen LogP contribution in [0.2, 0.25) is 5.02 Å². The number of carbonyl (C=O) groups is 2. The molecule has 0 aromatic heterocycles. The molecule has 0 saturated carbocycles. The Labute approximate surface area is 190 Å². The zero-order valence-corrected chi connectivity index (χ0v) is 18.0. The summed E-state index contributed by atoms with van der Waals surface area (Å²) in [5, 5.41) is 3.73. The van der Waals surface area contributed by atoms with Gasteiger partial charge >= 0.3 is 0 Å². The number of nitrogens with zero attached hydrogens (tertiary/aromatic N) is 1. The average molecular weight is 447 g/mol. The van der Waals surface area contributed by atoms with Crippen molar-refractivity contribution in [2.45, 2.75) is 6.92 Å². The molecule has 0 radical (unpaired) electrons. The molecule has 6 nitrogen and oxygen atoms in total. The Morgan fingerprint density at radius 2 is 1.62 bits per heavy atom. The average Bonchev–Trinajstić information content (AvgIpc) is 3.06. The van der Waals surface area contributed by atoms with Gasteiger partial charge in [0.15, 0.2) is 11.5 Å². The first-order valence-electron chi connectivity index (χ1n) is 10.1. The molecule has 3 aromatic carbocycles. The minimum absolute atomic E-state index is 0.196. The topological polar surface area (TPSA) is 67.9 Å². The monoisotopic (exact) mass is 446 g/mol. The lowest BCUT2D eigenvalue weighted by atomic mass is 10.0. The van der Waals surface area contributed by atoms with E-state index < -0.39 is 11.8 Å². The van der Waals surface area contributed by atoms with E-state index in [1.54, 1.807) is 42.5 Å². The predicted octanol–water partition coefficient (Wildman–Crippen LogP) is 4.82. The van der Waals surface area contributed by atoms with Gasteiger partial charge in [-0.05, 0) is 42.3 Å². The number of hydrogen-bond donors (Lipinski definition) is 1. The van der Waals surface area contributed by atoms with Gasteiger partial charge in [-0.15, -0.1) is 0 Å². The second-order valence-electron chi connectivity index (χ2n) is 7.43. The van der Waals surface area contributed by atoms with Crippen molar-refractivity contribution >= 4 is 40.4 Å². The predicted molar refractivity (Wildman–Crippen MR) is 123 cm³/mol. The first-order chi connectivity index (χ1) is 15.5. The Kier molecular flexibility index (Phi) is 5.07. The van der Waals surface area contributed by atoms with E-state index in [1.807, 2.05) is 31.2 Å². The largest absolute Gasteiger partial charge is 0.486 e. The van der Waals surface area contributed by atoms with Gasteiger partial charge in [-0.25, -0.2) is 4.90 Å². The number of benzene rings is 3. The molecule has 160 valence electrons. The van der Waals surface area contributed by atoms with Gasteiger partial charge in [-0.3, -0.25) is 9.59 Å². The van der Waals surface area contributed by atoms with Gasteiger partial charge in [0, 0.05) is 16.8 Å². The zero-order chi connectivity index (χ0) is 22.2. The molecule has 3 aromatic rings. The van der Waals surface area contributed by atoms with Crippen LogP contribution in [0, 0.1) is 6.92 Å². The molecular weight excluding hydrogens is 428 g/mol. The summed E-state index contributed by atoms with van der Waals surface area (Å²) in [6, 6.07) is 19.6. The lowest BCUT2D eigenvalue weighted by Gasteiger charge is -2.21. The number of nitrogens with one attached hydrogen (secondary N) is 1. The van der Waals surface area contributed by atoms with Crippen LogP contribution in [0.25, 0.3) is 5.57 Å². The van der Waals surface area contributed by atoms with E-state index in [0.717, 1.165) is 10.5 Å². The highest BCUT2D eigenvalue weighted by Crippen LogP contribution is 2.39. The van der Waals surface area contributed by atoms with E-state index in [2.05, 4.69) is 5.32 Å². The van der Waals surface area contributed by atoms with Gasteiger partial charge in [0.1, 0.15) is 18.9 Å². The second kappa shape index (κ2) is 8.05. The van der Waals surface area contributed by atoms with Crippen LogP contribution in [0.1, 0.15) is 11.1 Å². The van der Waals surface area contributed by atoms with Crippen LogP contribution in [0.15, 0.2) is 72.4 Å². The van der Waals surface area contributed by atoms with Crippen LogP contribution in [0.4, 0.5) is 11.4 Å². The molecule has 2 amide bonds. The van der Waals surface area contributed by atoms with Crippen LogP contribution >= 0.6 is 11.6 Å². The summed E-state index contributed by atoms with van der Waals surface area (Å²) in [7, 11) is 0.